The SMILES string of the molecule is Br.[CH3-].[Mg+2].[c-]1ccccc1-c1ccccc1. The average molecular weight is 273 g/mol. The van der Waals surface area contributed by atoms with Gasteiger partial charge in [0.05, 0.1) is 0 Å². The van der Waals surface area contributed by atoms with E-state index in [-0.39, 0.29) is 47.5 Å². The quantitative estimate of drug-likeness (QED) is 0.547. The molecule has 0 atom stereocenters. The van der Waals surface area contributed by atoms with E-state index in [9.17, 15) is 0 Å². The molecule has 2 aromatic rings. The van der Waals surface area contributed by atoms with Gasteiger partial charge in [-0.25, -0.2) is 0 Å². The van der Waals surface area contributed by atoms with Gasteiger partial charge in [-0.15, -0.1) is 52.9 Å². The molecule has 2 aromatic carbocycles. The molecule has 0 N–H and O–H groups in total. The average Bonchev–Trinajstić information content (AvgIpc) is 2.21. The molecule has 0 aliphatic rings. The molecule has 0 unspecified atom stereocenters. The fourth-order valence-electron chi connectivity index (χ4n) is 1.19. The summed E-state index contributed by atoms with van der Waals surface area (Å²) in [4.78, 5) is 0. The number of halogens is 1. The molecule has 0 nitrogen and oxygen atoms in total. The molecule has 0 radical (unpaired) electrons. The Kier molecular flexibility index (Phi) is 10.2. The van der Waals surface area contributed by atoms with E-state index in [1.165, 1.54) is 5.56 Å². The zero-order chi connectivity index (χ0) is 8.23. The van der Waals surface area contributed by atoms with Crippen LogP contribution >= 0.6 is 17.0 Å². The maximum atomic E-state index is 3.18. The Morgan fingerprint density at radius 1 is 0.800 bits per heavy atom. The Morgan fingerprint density at radius 3 is 1.93 bits per heavy atom. The summed E-state index contributed by atoms with van der Waals surface area (Å²) < 4.78 is 0. The smallest absolute Gasteiger partial charge is 0.358 e. The largest absolute Gasteiger partial charge is 2.00 e. The van der Waals surface area contributed by atoms with E-state index in [1.54, 1.807) is 0 Å². The van der Waals surface area contributed by atoms with Crippen molar-refractivity contribution in [3.63, 3.8) is 0 Å². The van der Waals surface area contributed by atoms with Crippen molar-refractivity contribution in [1.29, 1.82) is 0 Å². The molecule has 74 valence electrons. The fraction of sp³-hybridized carbons (Fsp3) is 0. The second kappa shape index (κ2) is 8.95. The monoisotopic (exact) mass is 272 g/mol. The van der Waals surface area contributed by atoms with Crippen LogP contribution in [0.1, 0.15) is 0 Å². The zero-order valence-electron chi connectivity index (χ0n) is 8.81. The minimum Gasteiger partial charge on any atom is -0.358 e. The Balaban J connectivity index is 0. The molecule has 0 fully saturated rings. The summed E-state index contributed by atoms with van der Waals surface area (Å²) in [6.45, 7) is 0. The van der Waals surface area contributed by atoms with E-state index in [2.05, 4.69) is 24.3 Å². The third-order valence-electron chi connectivity index (χ3n) is 1.79. The van der Waals surface area contributed by atoms with Crippen LogP contribution in [0.4, 0.5) is 0 Å². The van der Waals surface area contributed by atoms with E-state index < -0.39 is 0 Å². The topological polar surface area (TPSA) is 0 Å². The van der Waals surface area contributed by atoms with E-state index in [4.69, 9.17) is 0 Å². The summed E-state index contributed by atoms with van der Waals surface area (Å²) in [5.41, 5.74) is 2.37. The molecule has 2 rings (SSSR count). The third kappa shape index (κ3) is 4.82. The summed E-state index contributed by atoms with van der Waals surface area (Å²) in [5.74, 6) is 0. The van der Waals surface area contributed by atoms with Crippen molar-refractivity contribution in [3.05, 3.63) is 68.1 Å². The standard InChI is InChI=1S/C12H9.CH3.BrH.Mg/c1-3-7-11(8-4-1)12-9-5-2-6-10-12;;;/h1-9H;1H3;1H;/q2*-1;;+2. The third-order valence-corrected chi connectivity index (χ3v) is 1.79. The molecular weight excluding hydrogens is 260 g/mol. The molecule has 0 amide bonds. The van der Waals surface area contributed by atoms with Crippen molar-refractivity contribution in [2.24, 2.45) is 0 Å². The van der Waals surface area contributed by atoms with Gasteiger partial charge >= 0.3 is 23.1 Å². The van der Waals surface area contributed by atoms with Crippen LogP contribution in [0, 0.1) is 13.5 Å². The van der Waals surface area contributed by atoms with E-state index >= 15 is 0 Å². The Labute approximate surface area is 119 Å². The maximum absolute atomic E-state index is 3.18. The zero-order valence-corrected chi connectivity index (χ0v) is 11.9. The molecule has 0 aliphatic carbocycles. The molecular formula is C13H13BrMg. The van der Waals surface area contributed by atoms with Gasteiger partial charge in [0.25, 0.3) is 0 Å². The predicted molar refractivity (Wildman–Crippen MR) is 73.2 cm³/mol. The first-order valence-electron chi connectivity index (χ1n) is 3.99. The van der Waals surface area contributed by atoms with Gasteiger partial charge in [0.1, 0.15) is 0 Å². The summed E-state index contributed by atoms with van der Waals surface area (Å²) >= 11 is 0. The minimum absolute atomic E-state index is 0. The van der Waals surface area contributed by atoms with Crippen molar-refractivity contribution < 1.29 is 0 Å². The molecule has 0 saturated heterocycles. The number of hydrogen-bond acceptors (Lipinski definition) is 0. The van der Waals surface area contributed by atoms with E-state index in [0.29, 0.717) is 0 Å². The molecule has 0 aromatic heterocycles. The number of benzene rings is 2. The van der Waals surface area contributed by atoms with Crippen LogP contribution in [0.5, 0.6) is 0 Å². The van der Waals surface area contributed by atoms with Crippen LogP contribution < -0.4 is 0 Å². The first-order chi connectivity index (χ1) is 5.97. The molecule has 0 bridgehead atoms. The van der Waals surface area contributed by atoms with Crippen molar-refractivity contribution in [3.8, 4) is 11.1 Å². The Hall–Kier alpha value is -0.314. The van der Waals surface area contributed by atoms with Gasteiger partial charge in [0, 0.05) is 0 Å². The van der Waals surface area contributed by atoms with Crippen molar-refractivity contribution in [2.75, 3.05) is 0 Å². The van der Waals surface area contributed by atoms with Gasteiger partial charge in [-0.05, 0) is 0 Å². The van der Waals surface area contributed by atoms with Gasteiger partial charge in [0.15, 0.2) is 0 Å². The second-order valence-electron chi connectivity index (χ2n) is 2.64. The molecule has 2 heteroatoms. The number of hydrogen-bond donors (Lipinski definition) is 0. The predicted octanol–water partition coefficient (Wildman–Crippen LogP) is 3.80. The van der Waals surface area contributed by atoms with Gasteiger partial charge < -0.3 is 7.43 Å². The van der Waals surface area contributed by atoms with E-state index in [0.717, 1.165) is 5.56 Å². The second-order valence-corrected chi connectivity index (χ2v) is 2.64. The molecule has 0 saturated carbocycles. The Morgan fingerprint density at radius 2 is 1.40 bits per heavy atom. The van der Waals surface area contributed by atoms with Crippen molar-refractivity contribution >= 4 is 40.0 Å². The summed E-state index contributed by atoms with van der Waals surface area (Å²) in [6.07, 6.45) is 0. The minimum atomic E-state index is 0. The summed E-state index contributed by atoms with van der Waals surface area (Å²) in [6, 6.07) is 21.5. The van der Waals surface area contributed by atoms with E-state index in [1.807, 2.05) is 36.4 Å². The van der Waals surface area contributed by atoms with Gasteiger partial charge in [-0.3, -0.25) is 0 Å². The maximum Gasteiger partial charge on any atom is 2.00 e. The van der Waals surface area contributed by atoms with Crippen LogP contribution in [0.3, 0.4) is 0 Å². The van der Waals surface area contributed by atoms with Crippen molar-refractivity contribution in [2.45, 2.75) is 0 Å². The van der Waals surface area contributed by atoms with Gasteiger partial charge in [-0.1, -0.05) is 35.9 Å². The van der Waals surface area contributed by atoms with Crippen LogP contribution in [0.2, 0.25) is 0 Å². The Bertz CT molecular complexity index is 308. The van der Waals surface area contributed by atoms with Gasteiger partial charge in [0.2, 0.25) is 0 Å². The fourth-order valence-corrected chi connectivity index (χ4v) is 1.19. The first kappa shape index (κ1) is 17.1. The normalized spacial score (nSPS) is 7.73. The van der Waals surface area contributed by atoms with Crippen molar-refractivity contribution in [1.82, 2.24) is 0 Å². The first-order valence-corrected chi connectivity index (χ1v) is 3.99. The van der Waals surface area contributed by atoms with Crippen LogP contribution in [0.15, 0.2) is 54.6 Å². The number of rotatable bonds is 1. The van der Waals surface area contributed by atoms with Crippen LogP contribution in [-0.4, -0.2) is 23.1 Å². The molecule has 15 heavy (non-hydrogen) atoms. The van der Waals surface area contributed by atoms with Crippen LogP contribution in [-0.2, 0) is 0 Å². The molecule has 0 spiro atoms. The summed E-state index contributed by atoms with van der Waals surface area (Å²) in [5, 5.41) is 0. The van der Waals surface area contributed by atoms with Crippen LogP contribution in [0.25, 0.3) is 11.1 Å². The molecule has 0 aliphatic heterocycles. The van der Waals surface area contributed by atoms with Gasteiger partial charge in [-0.2, -0.15) is 0 Å². The summed E-state index contributed by atoms with van der Waals surface area (Å²) in [7, 11) is 0. The molecule has 0 heterocycles.